The van der Waals surface area contributed by atoms with Gasteiger partial charge in [0.2, 0.25) is 0 Å². The molecule has 0 saturated carbocycles. The smallest absolute Gasteiger partial charge is 0.257 e. The van der Waals surface area contributed by atoms with Crippen molar-refractivity contribution in [2.75, 3.05) is 5.32 Å². The summed E-state index contributed by atoms with van der Waals surface area (Å²) in [4.78, 5) is 18.0. The summed E-state index contributed by atoms with van der Waals surface area (Å²) in [5, 5.41) is 14.3. The van der Waals surface area contributed by atoms with Crippen LogP contribution in [0.25, 0.3) is 10.7 Å². The van der Waals surface area contributed by atoms with Crippen LogP contribution in [0.2, 0.25) is 0 Å². The van der Waals surface area contributed by atoms with Gasteiger partial charge in [0.25, 0.3) is 5.91 Å². The Hall–Kier alpha value is -3.57. The van der Waals surface area contributed by atoms with Crippen LogP contribution in [-0.4, -0.2) is 30.8 Å². The monoisotopic (exact) mass is 482 g/mol. The number of hydrogen-bond acceptors (Lipinski definition) is 8. The third-order valence-corrected chi connectivity index (χ3v) is 6.35. The molecule has 0 radical (unpaired) electrons. The Morgan fingerprint density at radius 1 is 1.30 bits per heavy atom. The van der Waals surface area contributed by atoms with Crippen LogP contribution >= 0.6 is 23.6 Å². The predicted octanol–water partition coefficient (Wildman–Crippen LogP) is 4.99. The number of aromatic nitrogens is 5. The summed E-state index contributed by atoms with van der Waals surface area (Å²) in [6.07, 6.45) is 1.75. The Bertz CT molecular complexity index is 1340. The molecular formula is C22H22N6O3S2. The van der Waals surface area contributed by atoms with Gasteiger partial charge in [-0.1, -0.05) is 22.6 Å². The molecule has 0 aliphatic rings. The third-order valence-electron chi connectivity index (χ3n) is 4.97. The van der Waals surface area contributed by atoms with Crippen LogP contribution in [0.4, 0.5) is 5.13 Å². The minimum Gasteiger partial charge on any atom is -0.489 e. The van der Waals surface area contributed by atoms with Gasteiger partial charge in [-0.2, -0.15) is 5.10 Å². The number of H-pyrrole nitrogens is 1. The van der Waals surface area contributed by atoms with Crippen molar-refractivity contribution in [2.24, 2.45) is 0 Å². The number of anilines is 1. The third kappa shape index (κ3) is 4.78. The molecule has 3 heterocycles. The average Bonchev–Trinajstić information content (AvgIpc) is 3.44. The van der Waals surface area contributed by atoms with Gasteiger partial charge in [-0.25, -0.2) is 4.98 Å². The van der Waals surface area contributed by atoms with Gasteiger partial charge >= 0.3 is 0 Å². The van der Waals surface area contributed by atoms with Gasteiger partial charge < -0.3 is 9.26 Å². The zero-order chi connectivity index (χ0) is 23.5. The van der Waals surface area contributed by atoms with E-state index < -0.39 is 0 Å². The number of nitrogens with zero attached hydrogens (tertiary/aromatic N) is 4. The summed E-state index contributed by atoms with van der Waals surface area (Å²) in [6.45, 7) is 10.2. The van der Waals surface area contributed by atoms with Crippen LogP contribution < -0.4 is 10.1 Å². The number of aromatic amines is 1. The highest BCUT2D eigenvalue weighted by Gasteiger charge is 2.18. The fourth-order valence-corrected chi connectivity index (χ4v) is 4.35. The van der Waals surface area contributed by atoms with E-state index in [-0.39, 0.29) is 5.91 Å². The molecule has 0 saturated heterocycles. The van der Waals surface area contributed by atoms with Crippen molar-refractivity contribution in [1.29, 1.82) is 0 Å². The minimum atomic E-state index is -0.266. The Morgan fingerprint density at radius 3 is 2.73 bits per heavy atom. The van der Waals surface area contributed by atoms with Crippen LogP contribution in [0, 0.1) is 25.5 Å². The SMILES string of the molecule is C=CCn1c(-c2sc(NC(=O)c3ccc(OCc4c(C)noc4C)cc3)nc2C)n[nH]c1=S. The highest BCUT2D eigenvalue weighted by Crippen LogP contribution is 2.32. The molecule has 4 aromatic rings. The second-order valence-electron chi connectivity index (χ2n) is 7.26. The summed E-state index contributed by atoms with van der Waals surface area (Å²) < 4.78 is 13.3. The molecule has 0 fully saturated rings. The number of nitrogens with one attached hydrogen (secondary N) is 2. The predicted molar refractivity (Wildman–Crippen MR) is 128 cm³/mol. The van der Waals surface area contributed by atoms with Crippen LogP contribution in [0.1, 0.15) is 33.1 Å². The number of benzene rings is 1. The molecule has 3 aromatic heterocycles. The van der Waals surface area contributed by atoms with Crippen LogP contribution in [-0.2, 0) is 13.2 Å². The maximum absolute atomic E-state index is 12.7. The van der Waals surface area contributed by atoms with Gasteiger partial charge in [0, 0.05) is 12.1 Å². The van der Waals surface area contributed by atoms with Crippen molar-refractivity contribution in [3.05, 3.63) is 70.0 Å². The average molecular weight is 483 g/mol. The molecule has 170 valence electrons. The van der Waals surface area contributed by atoms with E-state index in [4.69, 9.17) is 21.5 Å². The fraction of sp³-hybridized carbons (Fsp3) is 0.227. The summed E-state index contributed by atoms with van der Waals surface area (Å²) in [7, 11) is 0. The van der Waals surface area contributed by atoms with Crippen molar-refractivity contribution in [1.82, 2.24) is 24.9 Å². The van der Waals surface area contributed by atoms with E-state index in [1.807, 2.05) is 25.3 Å². The Balaban J connectivity index is 1.44. The molecule has 0 aliphatic carbocycles. The lowest BCUT2D eigenvalue weighted by atomic mass is 10.2. The molecule has 0 spiro atoms. The highest BCUT2D eigenvalue weighted by molar-refractivity contribution is 7.71. The molecule has 2 N–H and O–H groups in total. The number of carbonyl (C=O) groups is 1. The van der Waals surface area contributed by atoms with Crippen LogP contribution in [0.15, 0.2) is 41.4 Å². The number of carbonyl (C=O) groups excluding carboxylic acids is 1. The normalized spacial score (nSPS) is 10.9. The van der Waals surface area contributed by atoms with Crippen molar-refractivity contribution in [3.8, 4) is 16.5 Å². The van der Waals surface area contributed by atoms with Gasteiger partial charge in [-0.05, 0) is 57.3 Å². The van der Waals surface area contributed by atoms with E-state index in [2.05, 4.69) is 32.2 Å². The van der Waals surface area contributed by atoms with Crippen molar-refractivity contribution in [2.45, 2.75) is 33.9 Å². The Labute approximate surface area is 199 Å². The van der Waals surface area contributed by atoms with Crippen molar-refractivity contribution < 1.29 is 14.1 Å². The number of aryl methyl sites for hydroxylation is 3. The van der Waals surface area contributed by atoms with E-state index >= 15 is 0 Å². The second kappa shape index (κ2) is 9.51. The second-order valence-corrected chi connectivity index (χ2v) is 8.64. The summed E-state index contributed by atoms with van der Waals surface area (Å²) in [5.74, 6) is 1.77. The molecule has 1 aromatic carbocycles. The zero-order valence-electron chi connectivity index (χ0n) is 18.3. The van der Waals surface area contributed by atoms with Crippen LogP contribution in [0.5, 0.6) is 5.75 Å². The molecule has 9 nitrogen and oxygen atoms in total. The first-order chi connectivity index (χ1) is 15.9. The van der Waals surface area contributed by atoms with E-state index in [1.54, 1.807) is 30.3 Å². The minimum absolute atomic E-state index is 0.266. The molecular weight excluding hydrogens is 460 g/mol. The molecule has 11 heteroatoms. The standard InChI is InChI=1S/C22H22N6O3S2/c1-5-10-28-19(25-26-22(28)32)18-13(3)23-21(33-18)24-20(29)15-6-8-16(9-7-15)30-11-17-12(2)27-31-14(17)4/h5-9H,1,10-11H2,2-4H3,(H,26,32)(H,23,24,29). The lowest BCUT2D eigenvalue weighted by Gasteiger charge is -2.07. The quantitative estimate of drug-likeness (QED) is 0.269. The van der Waals surface area contributed by atoms with E-state index in [9.17, 15) is 4.79 Å². The summed E-state index contributed by atoms with van der Waals surface area (Å²) >= 11 is 6.62. The number of thiazole rings is 1. The number of amides is 1. The first-order valence-corrected chi connectivity index (χ1v) is 11.3. The van der Waals surface area contributed by atoms with Crippen molar-refractivity contribution >= 4 is 34.6 Å². The molecule has 33 heavy (non-hydrogen) atoms. The molecule has 0 bridgehead atoms. The molecule has 4 rings (SSSR count). The van der Waals surface area contributed by atoms with Crippen molar-refractivity contribution in [3.63, 3.8) is 0 Å². The van der Waals surface area contributed by atoms with Gasteiger partial charge in [0.15, 0.2) is 15.7 Å². The van der Waals surface area contributed by atoms with Gasteiger partial charge in [-0.15, -0.1) is 6.58 Å². The maximum Gasteiger partial charge on any atom is 0.257 e. The lowest BCUT2D eigenvalue weighted by Crippen LogP contribution is -2.11. The van der Waals surface area contributed by atoms with Gasteiger partial charge in [0.05, 0.1) is 21.8 Å². The molecule has 0 unspecified atom stereocenters. The van der Waals surface area contributed by atoms with Crippen LogP contribution in [0.3, 0.4) is 0 Å². The Kier molecular flexibility index (Phi) is 6.52. The lowest BCUT2D eigenvalue weighted by molar-refractivity contribution is 0.102. The van der Waals surface area contributed by atoms with E-state index in [0.29, 0.717) is 40.2 Å². The summed E-state index contributed by atoms with van der Waals surface area (Å²) in [5.41, 5.74) is 2.96. The highest BCUT2D eigenvalue weighted by atomic mass is 32.1. The first kappa shape index (κ1) is 22.6. The Morgan fingerprint density at radius 2 is 2.06 bits per heavy atom. The molecule has 1 amide bonds. The largest absolute Gasteiger partial charge is 0.489 e. The van der Waals surface area contributed by atoms with E-state index in [1.165, 1.54) is 11.3 Å². The number of hydrogen-bond donors (Lipinski definition) is 2. The fourth-order valence-electron chi connectivity index (χ4n) is 3.18. The summed E-state index contributed by atoms with van der Waals surface area (Å²) in [6, 6.07) is 6.90. The number of ether oxygens (including phenoxy) is 1. The zero-order valence-corrected chi connectivity index (χ0v) is 20.0. The molecule has 0 atom stereocenters. The van der Waals surface area contributed by atoms with Gasteiger partial charge in [0.1, 0.15) is 18.1 Å². The van der Waals surface area contributed by atoms with E-state index in [0.717, 1.165) is 27.6 Å². The maximum atomic E-state index is 12.7. The first-order valence-electron chi connectivity index (χ1n) is 10.1. The topological polar surface area (TPSA) is 111 Å². The van der Waals surface area contributed by atoms with Gasteiger partial charge in [-0.3, -0.25) is 19.8 Å². The molecule has 0 aliphatic heterocycles. The number of rotatable bonds is 8. The number of allylic oxidation sites excluding steroid dienone is 1.